The summed E-state index contributed by atoms with van der Waals surface area (Å²) in [5.74, 6) is 1.39. The summed E-state index contributed by atoms with van der Waals surface area (Å²) in [6, 6.07) is 4.50. The largest absolute Gasteiger partial charge is 0.294 e. The molecule has 0 fully saturated rings. The van der Waals surface area contributed by atoms with Gasteiger partial charge in [-0.15, -0.1) is 0 Å². The van der Waals surface area contributed by atoms with Crippen LogP contribution < -0.4 is 0 Å². The van der Waals surface area contributed by atoms with Gasteiger partial charge in [0.1, 0.15) is 5.82 Å². The molecule has 0 saturated carbocycles. The smallest absolute Gasteiger partial charge is 0.166 e. The van der Waals surface area contributed by atoms with E-state index in [1.807, 2.05) is 6.92 Å². The van der Waals surface area contributed by atoms with E-state index in [-0.39, 0.29) is 17.5 Å². The molecular weight excluding hydrogens is 199 g/mol. The molecule has 1 nitrogen and oxygen atoms in total. The van der Waals surface area contributed by atoms with Gasteiger partial charge in [0.15, 0.2) is 5.78 Å². The summed E-state index contributed by atoms with van der Waals surface area (Å²) >= 11 is 1.73. The van der Waals surface area contributed by atoms with Gasteiger partial charge in [-0.1, -0.05) is 13.0 Å². The quantitative estimate of drug-likeness (QED) is 0.655. The second-order valence-corrected chi connectivity index (χ2v) is 4.61. The predicted molar refractivity (Wildman–Crippen MR) is 56.1 cm³/mol. The van der Waals surface area contributed by atoms with Crippen LogP contribution in [0.4, 0.5) is 4.39 Å². The average molecular weight is 210 g/mol. The first-order valence-electron chi connectivity index (χ1n) is 4.59. The molecule has 1 aliphatic heterocycles. The fourth-order valence-electron chi connectivity index (χ4n) is 1.59. The zero-order chi connectivity index (χ0) is 10.1. The third-order valence-corrected chi connectivity index (χ3v) is 3.66. The molecule has 0 amide bonds. The van der Waals surface area contributed by atoms with Crippen LogP contribution in [0.5, 0.6) is 0 Å². The van der Waals surface area contributed by atoms with Crippen LogP contribution in [0.1, 0.15) is 22.8 Å². The SMILES string of the molecule is CC1CSCc2ccc(F)cc2C1=O. The van der Waals surface area contributed by atoms with Gasteiger partial charge >= 0.3 is 0 Å². The van der Waals surface area contributed by atoms with Crippen LogP contribution >= 0.6 is 11.8 Å². The number of rotatable bonds is 0. The first-order chi connectivity index (χ1) is 6.68. The minimum atomic E-state index is -0.323. The molecule has 1 atom stereocenters. The molecule has 0 radical (unpaired) electrons. The number of halogens is 1. The Hall–Kier alpha value is -0.830. The summed E-state index contributed by atoms with van der Waals surface area (Å²) < 4.78 is 13.0. The topological polar surface area (TPSA) is 17.1 Å². The van der Waals surface area contributed by atoms with E-state index in [1.165, 1.54) is 12.1 Å². The maximum Gasteiger partial charge on any atom is 0.166 e. The van der Waals surface area contributed by atoms with Crippen molar-refractivity contribution in [2.45, 2.75) is 12.7 Å². The molecule has 0 saturated heterocycles. The highest BCUT2D eigenvalue weighted by Gasteiger charge is 2.22. The van der Waals surface area contributed by atoms with Crippen molar-refractivity contribution in [1.29, 1.82) is 0 Å². The van der Waals surface area contributed by atoms with E-state index in [9.17, 15) is 9.18 Å². The zero-order valence-corrected chi connectivity index (χ0v) is 8.73. The number of fused-ring (bicyclic) bond motifs is 1. The lowest BCUT2D eigenvalue weighted by atomic mass is 9.97. The predicted octanol–water partition coefficient (Wildman–Crippen LogP) is 2.89. The Labute approximate surface area is 86.7 Å². The number of hydrogen-bond donors (Lipinski definition) is 0. The highest BCUT2D eigenvalue weighted by Crippen LogP contribution is 2.27. The van der Waals surface area contributed by atoms with E-state index in [0.717, 1.165) is 17.1 Å². The number of hydrogen-bond acceptors (Lipinski definition) is 2. The van der Waals surface area contributed by atoms with Crippen LogP contribution in [0.3, 0.4) is 0 Å². The van der Waals surface area contributed by atoms with Crippen molar-refractivity contribution in [2.24, 2.45) is 5.92 Å². The van der Waals surface area contributed by atoms with Crippen LogP contribution in [-0.2, 0) is 5.75 Å². The molecule has 1 heterocycles. The summed E-state index contributed by atoms with van der Waals surface area (Å²) in [6.45, 7) is 1.90. The molecule has 1 aromatic rings. The molecule has 0 aliphatic carbocycles. The number of Topliss-reactive ketones (excluding diaryl/α,β-unsaturated/α-hetero) is 1. The van der Waals surface area contributed by atoms with Gasteiger partial charge < -0.3 is 0 Å². The molecule has 0 aromatic heterocycles. The highest BCUT2D eigenvalue weighted by atomic mass is 32.2. The monoisotopic (exact) mass is 210 g/mol. The molecule has 0 bridgehead atoms. The van der Waals surface area contributed by atoms with Gasteiger partial charge in [0.05, 0.1) is 0 Å². The Morgan fingerprint density at radius 3 is 3.07 bits per heavy atom. The van der Waals surface area contributed by atoms with Crippen LogP contribution in [0.25, 0.3) is 0 Å². The lowest BCUT2D eigenvalue weighted by Gasteiger charge is -2.06. The van der Waals surface area contributed by atoms with Crippen LogP contribution in [0.2, 0.25) is 0 Å². The average Bonchev–Trinajstić information content (AvgIpc) is 2.30. The molecule has 0 N–H and O–H groups in total. The van der Waals surface area contributed by atoms with E-state index in [0.29, 0.717) is 5.56 Å². The lowest BCUT2D eigenvalue weighted by Crippen LogP contribution is -2.12. The summed E-state index contributed by atoms with van der Waals surface area (Å²) in [6.07, 6.45) is 0. The normalized spacial score (nSPS) is 21.6. The van der Waals surface area contributed by atoms with Gasteiger partial charge in [0.25, 0.3) is 0 Å². The standard InChI is InChI=1S/C11H11FOS/c1-7-5-14-6-8-2-3-9(12)4-10(8)11(7)13/h2-4,7H,5-6H2,1H3. The van der Waals surface area contributed by atoms with Crippen molar-refractivity contribution in [3.63, 3.8) is 0 Å². The van der Waals surface area contributed by atoms with Crippen molar-refractivity contribution in [3.8, 4) is 0 Å². The molecule has 14 heavy (non-hydrogen) atoms. The van der Waals surface area contributed by atoms with Gasteiger partial charge in [0.2, 0.25) is 0 Å². The van der Waals surface area contributed by atoms with Crippen molar-refractivity contribution < 1.29 is 9.18 Å². The zero-order valence-electron chi connectivity index (χ0n) is 7.92. The van der Waals surface area contributed by atoms with Crippen LogP contribution in [0, 0.1) is 11.7 Å². The Morgan fingerprint density at radius 1 is 1.50 bits per heavy atom. The van der Waals surface area contributed by atoms with E-state index in [2.05, 4.69) is 0 Å². The maximum absolute atomic E-state index is 13.0. The fraction of sp³-hybridized carbons (Fsp3) is 0.364. The molecule has 3 heteroatoms. The molecule has 1 aliphatic rings. The van der Waals surface area contributed by atoms with Gasteiger partial charge in [-0.2, -0.15) is 11.8 Å². The fourth-order valence-corrected chi connectivity index (χ4v) is 2.69. The third-order valence-electron chi connectivity index (χ3n) is 2.41. The first kappa shape index (κ1) is 9.71. The van der Waals surface area contributed by atoms with Crippen LogP contribution in [-0.4, -0.2) is 11.5 Å². The van der Waals surface area contributed by atoms with E-state index in [1.54, 1.807) is 17.8 Å². The molecule has 1 unspecified atom stereocenters. The van der Waals surface area contributed by atoms with Crippen molar-refractivity contribution in [1.82, 2.24) is 0 Å². The Morgan fingerprint density at radius 2 is 2.29 bits per heavy atom. The molecule has 1 aromatic carbocycles. The number of ketones is 1. The Balaban J connectivity index is 2.50. The second kappa shape index (κ2) is 3.73. The van der Waals surface area contributed by atoms with Crippen LogP contribution in [0.15, 0.2) is 18.2 Å². The summed E-state index contributed by atoms with van der Waals surface area (Å²) in [5, 5.41) is 0. The highest BCUT2D eigenvalue weighted by molar-refractivity contribution is 7.98. The minimum absolute atomic E-state index is 0.00282. The van der Waals surface area contributed by atoms with E-state index < -0.39 is 0 Å². The summed E-state index contributed by atoms with van der Waals surface area (Å²) in [4.78, 5) is 11.8. The number of carbonyl (C=O) groups excluding carboxylic acids is 1. The van der Waals surface area contributed by atoms with Gasteiger partial charge in [0, 0.05) is 23.0 Å². The van der Waals surface area contributed by atoms with E-state index in [4.69, 9.17) is 0 Å². The van der Waals surface area contributed by atoms with Crippen molar-refractivity contribution in [3.05, 3.63) is 35.1 Å². The minimum Gasteiger partial charge on any atom is -0.294 e. The summed E-state index contributed by atoms with van der Waals surface area (Å²) in [5.41, 5.74) is 1.54. The van der Waals surface area contributed by atoms with Gasteiger partial charge in [-0.05, 0) is 17.7 Å². The van der Waals surface area contributed by atoms with Crippen molar-refractivity contribution >= 4 is 17.5 Å². The third kappa shape index (κ3) is 1.69. The second-order valence-electron chi connectivity index (χ2n) is 3.58. The molecule has 2 rings (SSSR count). The van der Waals surface area contributed by atoms with Gasteiger partial charge in [-0.25, -0.2) is 4.39 Å². The lowest BCUT2D eigenvalue weighted by molar-refractivity contribution is 0.0941. The molecule has 0 spiro atoms. The Bertz CT molecular complexity index is 376. The number of benzene rings is 1. The Kier molecular flexibility index (Phi) is 2.59. The summed E-state index contributed by atoms with van der Waals surface area (Å²) in [7, 11) is 0. The maximum atomic E-state index is 13.0. The number of thioether (sulfide) groups is 1. The first-order valence-corrected chi connectivity index (χ1v) is 5.74. The van der Waals surface area contributed by atoms with Gasteiger partial charge in [-0.3, -0.25) is 4.79 Å². The molecule has 74 valence electrons. The van der Waals surface area contributed by atoms with E-state index >= 15 is 0 Å². The molecular formula is C11H11FOS. The van der Waals surface area contributed by atoms with Crippen molar-refractivity contribution in [2.75, 3.05) is 5.75 Å². The number of carbonyl (C=O) groups is 1.